The third-order valence-electron chi connectivity index (χ3n) is 3.13. The predicted molar refractivity (Wildman–Crippen MR) is 75.2 cm³/mol. The number of nitrogens with zero attached hydrogens (tertiary/aromatic N) is 2. The summed E-state index contributed by atoms with van der Waals surface area (Å²) in [7, 11) is 0. The van der Waals surface area contributed by atoms with E-state index < -0.39 is 0 Å². The molecule has 0 aliphatic heterocycles. The molecule has 102 valence electrons. The summed E-state index contributed by atoms with van der Waals surface area (Å²) in [5.74, 6) is 1.39. The minimum Gasteiger partial charge on any atom is -0.339 e. The standard InChI is InChI=1S/C14H18ClN3O/c1-3-12(9(2)16)14-17-13(18-19-14)8-10-5-4-6-11(15)7-10/h4-7,9,12H,3,8,16H2,1-2H3. The van der Waals surface area contributed by atoms with Gasteiger partial charge in [0.25, 0.3) is 0 Å². The van der Waals surface area contributed by atoms with Crippen LogP contribution in [-0.4, -0.2) is 16.2 Å². The van der Waals surface area contributed by atoms with Gasteiger partial charge in [-0.3, -0.25) is 0 Å². The van der Waals surface area contributed by atoms with E-state index in [0.717, 1.165) is 12.0 Å². The summed E-state index contributed by atoms with van der Waals surface area (Å²) in [6.45, 7) is 4.02. The lowest BCUT2D eigenvalue weighted by Gasteiger charge is -2.13. The van der Waals surface area contributed by atoms with E-state index >= 15 is 0 Å². The molecule has 2 atom stereocenters. The topological polar surface area (TPSA) is 64.9 Å². The second kappa shape index (κ2) is 6.17. The number of halogens is 1. The van der Waals surface area contributed by atoms with E-state index in [-0.39, 0.29) is 12.0 Å². The Labute approximate surface area is 118 Å². The molecule has 5 heteroatoms. The zero-order valence-corrected chi connectivity index (χ0v) is 11.9. The molecule has 0 fully saturated rings. The highest BCUT2D eigenvalue weighted by molar-refractivity contribution is 6.30. The van der Waals surface area contributed by atoms with Crippen LogP contribution in [0.5, 0.6) is 0 Å². The van der Waals surface area contributed by atoms with Gasteiger partial charge in [0.05, 0.1) is 5.92 Å². The summed E-state index contributed by atoms with van der Waals surface area (Å²) in [5.41, 5.74) is 6.98. The van der Waals surface area contributed by atoms with Crippen molar-refractivity contribution in [2.75, 3.05) is 0 Å². The van der Waals surface area contributed by atoms with Crippen molar-refractivity contribution in [3.8, 4) is 0 Å². The number of aromatic nitrogens is 2. The molecule has 1 aromatic carbocycles. The van der Waals surface area contributed by atoms with Crippen LogP contribution in [0.2, 0.25) is 5.02 Å². The normalized spacial score (nSPS) is 14.3. The molecule has 0 radical (unpaired) electrons. The smallest absolute Gasteiger partial charge is 0.231 e. The van der Waals surface area contributed by atoms with Crippen molar-refractivity contribution in [2.24, 2.45) is 5.73 Å². The van der Waals surface area contributed by atoms with Crippen LogP contribution >= 0.6 is 11.6 Å². The Balaban J connectivity index is 2.13. The van der Waals surface area contributed by atoms with Gasteiger partial charge in [-0.25, -0.2) is 0 Å². The van der Waals surface area contributed by atoms with Crippen LogP contribution in [0.4, 0.5) is 0 Å². The highest BCUT2D eigenvalue weighted by atomic mass is 35.5. The molecule has 2 N–H and O–H groups in total. The Kier molecular flexibility index (Phi) is 4.56. The lowest BCUT2D eigenvalue weighted by Crippen LogP contribution is -2.24. The Hall–Kier alpha value is -1.39. The van der Waals surface area contributed by atoms with E-state index in [1.807, 2.05) is 31.2 Å². The highest BCUT2D eigenvalue weighted by Crippen LogP contribution is 2.21. The second-order valence-electron chi connectivity index (χ2n) is 4.73. The van der Waals surface area contributed by atoms with Gasteiger partial charge < -0.3 is 10.3 Å². The van der Waals surface area contributed by atoms with Crippen molar-refractivity contribution in [2.45, 2.75) is 38.6 Å². The fourth-order valence-electron chi connectivity index (χ4n) is 2.09. The van der Waals surface area contributed by atoms with Gasteiger partial charge in [0.15, 0.2) is 5.82 Å². The number of hydrogen-bond donors (Lipinski definition) is 1. The Morgan fingerprint density at radius 2 is 2.21 bits per heavy atom. The molecule has 0 spiro atoms. The lowest BCUT2D eigenvalue weighted by molar-refractivity contribution is 0.331. The number of nitrogens with two attached hydrogens (primary N) is 1. The second-order valence-corrected chi connectivity index (χ2v) is 5.17. The van der Waals surface area contributed by atoms with Crippen molar-refractivity contribution in [1.82, 2.24) is 10.1 Å². The molecular weight excluding hydrogens is 262 g/mol. The quantitative estimate of drug-likeness (QED) is 0.913. The first-order chi connectivity index (χ1) is 9.10. The molecule has 1 aromatic heterocycles. The summed E-state index contributed by atoms with van der Waals surface area (Å²) in [4.78, 5) is 4.43. The van der Waals surface area contributed by atoms with Crippen molar-refractivity contribution in [1.29, 1.82) is 0 Å². The van der Waals surface area contributed by atoms with Crippen molar-refractivity contribution >= 4 is 11.6 Å². The molecule has 2 rings (SSSR count). The SMILES string of the molecule is CCC(c1nc(Cc2cccc(Cl)c2)no1)C(C)N. The first-order valence-electron chi connectivity index (χ1n) is 6.42. The van der Waals surface area contributed by atoms with Crippen LogP contribution in [0, 0.1) is 0 Å². The van der Waals surface area contributed by atoms with E-state index in [1.165, 1.54) is 0 Å². The predicted octanol–water partition coefficient (Wildman–Crippen LogP) is 3.15. The largest absolute Gasteiger partial charge is 0.339 e. The summed E-state index contributed by atoms with van der Waals surface area (Å²) < 4.78 is 5.31. The van der Waals surface area contributed by atoms with Gasteiger partial charge in [0.1, 0.15) is 0 Å². The van der Waals surface area contributed by atoms with Gasteiger partial charge in [0.2, 0.25) is 5.89 Å². The minimum atomic E-state index is 0.00414. The first kappa shape index (κ1) is 14.0. The number of hydrogen-bond acceptors (Lipinski definition) is 4. The van der Waals surface area contributed by atoms with Crippen LogP contribution in [0.1, 0.15) is 43.5 Å². The molecule has 19 heavy (non-hydrogen) atoms. The third-order valence-corrected chi connectivity index (χ3v) is 3.36. The van der Waals surface area contributed by atoms with Crippen LogP contribution in [0.3, 0.4) is 0 Å². The van der Waals surface area contributed by atoms with Crippen molar-refractivity contribution < 1.29 is 4.52 Å². The Morgan fingerprint density at radius 3 is 2.84 bits per heavy atom. The molecule has 4 nitrogen and oxygen atoms in total. The van der Waals surface area contributed by atoms with Gasteiger partial charge in [-0.15, -0.1) is 0 Å². The fourth-order valence-corrected chi connectivity index (χ4v) is 2.30. The molecular formula is C14H18ClN3O. The summed E-state index contributed by atoms with van der Waals surface area (Å²) in [5, 5.41) is 4.72. The minimum absolute atomic E-state index is 0.00414. The zero-order chi connectivity index (χ0) is 13.8. The number of benzene rings is 1. The summed E-state index contributed by atoms with van der Waals surface area (Å²) >= 11 is 5.95. The highest BCUT2D eigenvalue weighted by Gasteiger charge is 2.21. The fraction of sp³-hybridized carbons (Fsp3) is 0.429. The molecule has 2 unspecified atom stereocenters. The van der Waals surface area contributed by atoms with E-state index in [0.29, 0.717) is 23.2 Å². The lowest BCUT2D eigenvalue weighted by atomic mass is 9.99. The van der Waals surface area contributed by atoms with Crippen LogP contribution < -0.4 is 5.73 Å². The molecule has 0 amide bonds. The van der Waals surface area contributed by atoms with E-state index in [1.54, 1.807) is 0 Å². The van der Waals surface area contributed by atoms with Gasteiger partial charge in [-0.05, 0) is 31.0 Å². The average Bonchev–Trinajstić information content (AvgIpc) is 2.78. The van der Waals surface area contributed by atoms with E-state index in [9.17, 15) is 0 Å². The number of rotatable bonds is 5. The zero-order valence-electron chi connectivity index (χ0n) is 11.1. The van der Waals surface area contributed by atoms with Gasteiger partial charge in [-0.1, -0.05) is 35.8 Å². The Bertz CT molecular complexity index is 539. The van der Waals surface area contributed by atoms with Gasteiger partial charge in [-0.2, -0.15) is 4.98 Å². The maximum Gasteiger partial charge on any atom is 0.231 e. The molecule has 2 aromatic rings. The van der Waals surface area contributed by atoms with E-state index in [4.69, 9.17) is 21.9 Å². The van der Waals surface area contributed by atoms with Crippen LogP contribution in [-0.2, 0) is 6.42 Å². The van der Waals surface area contributed by atoms with Crippen molar-refractivity contribution in [3.63, 3.8) is 0 Å². The average molecular weight is 280 g/mol. The summed E-state index contributed by atoms with van der Waals surface area (Å²) in [6, 6.07) is 7.65. The monoisotopic (exact) mass is 279 g/mol. The third kappa shape index (κ3) is 3.55. The molecule has 0 saturated carbocycles. The van der Waals surface area contributed by atoms with Crippen LogP contribution in [0.25, 0.3) is 0 Å². The molecule has 0 bridgehead atoms. The Morgan fingerprint density at radius 1 is 1.42 bits per heavy atom. The molecule has 0 saturated heterocycles. The maximum absolute atomic E-state index is 5.95. The van der Waals surface area contributed by atoms with E-state index in [2.05, 4.69) is 17.1 Å². The summed E-state index contributed by atoms with van der Waals surface area (Å²) in [6.07, 6.45) is 1.50. The maximum atomic E-state index is 5.95. The van der Waals surface area contributed by atoms with Gasteiger partial charge >= 0.3 is 0 Å². The molecule has 0 aliphatic carbocycles. The van der Waals surface area contributed by atoms with Gasteiger partial charge in [0, 0.05) is 17.5 Å². The molecule has 1 heterocycles. The van der Waals surface area contributed by atoms with Crippen molar-refractivity contribution in [3.05, 3.63) is 46.6 Å². The molecule has 0 aliphatic rings. The first-order valence-corrected chi connectivity index (χ1v) is 6.80. The van der Waals surface area contributed by atoms with Crippen LogP contribution in [0.15, 0.2) is 28.8 Å².